The van der Waals surface area contributed by atoms with Crippen LogP contribution in [0.5, 0.6) is 0 Å². The Labute approximate surface area is 99.2 Å². The fraction of sp³-hybridized carbons (Fsp3) is 0.0667. The van der Waals surface area contributed by atoms with Crippen LogP contribution in [0.2, 0.25) is 0 Å². The minimum atomic E-state index is -0.548. The Hall–Kier alpha value is -1.96. The molecule has 2 aromatic rings. The third kappa shape index (κ3) is 2.78. The lowest BCUT2D eigenvalue weighted by molar-refractivity contribution is 0.579. The minimum absolute atomic E-state index is 0.00641. The number of rotatable bonds is 2. The van der Waals surface area contributed by atoms with E-state index in [1.54, 1.807) is 6.08 Å². The number of aryl methyl sites for hydroxylation is 1. The summed E-state index contributed by atoms with van der Waals surface area (Å²) < 4.78 is 26.7. The number of hydrogen-bond acceptors (Lipinski definition) is 0. The van der Waals surface area contributed by atoms with Gasteiger partial charge in [0.2, 0.25) is 0 Å². The number of hydrogen-bond donors (Lipinski definition) is 0. The predicted octanol–water partition coefficient (Wildman–Crippen LogP) is 4.44. The van der Waals surface area contributed by atoms with Gasteiger partial charge in [-0.05, 0) is 30.7 Å². The molecule has 0 nitrogen and oxygen atoms in total. The molecule has 0 saturated carbocycles. The average molecular weight is 230 g/mol. The van der Waals surface area contributed by atoms with Crippen LogP contribution in [-0.4, -0.2) is 0 Å². The van der Waals surface area contributed by atoms with Gasteiger partial charge in [0.1, 0.15) is 11.6 Å². The van der Waals surface area contributed by atoms with Crippen molar-refractivity contribution in [3.63, 3.8) is 0 Å². The van der Waals surface area contributed by atoms with Gasteiger partial charge in [-0.15, -0.1) is 0 Å². The molecule has 0 saturated heterocycles. The van der Waals surface area contributed by atoms with Crippen LogP contribution in [-0.2, 0) is 0 Å². The molecule has 17 heavy (non-hydrogen) atoms. The second-order valence-electron chi connectivity index (χ2n) is 3.88. The van der Waals surface area contributed by atoms with Crippen molar-refractivity contribution in [1.29, 1.82) is 0 Å². The van der Waals surface area contributed by atoms with Gasteiger partial charge < -0.3 is 0 Å². The van der Waals surface area contributed by atoms with Crippen LogP contribution in [0, 0.1) is 18.6 Å². The molecule has 0 fully saturated rings. The summed E-state index contributed by atoms with van der Waals surface area (Å²) in [5, 5.41) is 0. The van der Waals surface area contributed by atoms with E-state index in [4.69, 9.17) is 0 Å². The van der Waals surface area contributed by atoms with Crippen LogP contribution in [0.1, 0.15) is 16.7 Å². The van der Waals surface area contributed by atoms with E-state index in [1.165, 1.54) is 24.3 Å². The molecule has 0 aliphatic heterocycles. The largest absolute Gasteiger partial charge is 0.206 e. The van der Waals surface area contributed by atoms with E-state index in [1.807, 2.05) is 31.2 Å². The highest BCUT2D eigenvalue weighted by Crippen LogP contribution is 2.15. The molecule has 2 aromatic carbocycles. The summed E-state index contributed by atoms with van der Waals surface area (Å²) >= 11 is 0. The van der Waals surface area contributed by atoms with Gasteiger partial charge in [0.05, 0.1) is 0 Å². The van der Waals surface area contributed by atoms with Crippen molar-refractivity contribution in [2.75, 3.05) is 0 Å². The van der Waals surface area contributed by atoms with Crippen LogP contribution in [0.3, 0.4) is 0 Å². The van der Waals surface area contributed by atoms with Crippen molar-refractivity contribution in [3.05, 3.63) is 70.8 Å². The van der Waals surface area contributed by atoms with E-state index in [-0.39, 0.29) is 5.56 Å². The first-order valence-corrected chi connectivity index (χ1v) is 5.35. The second kappa shape index (κ2) is 4.91. The molecule has 2 heteroatoms. The highest BCUT2D eigenvalue weighted by Gasteiger charge is 2.03. The summed E-state index contributed by atoms with van der Waals surface area (Å²) in [4.78, 5) is 0. The smallest absolute Gasteiger partial charge is 0.133 e. The van der Waals surface area contributed by atoms with E-state index in [9.17, 15) is 8.78 Å². The molecule has 0 aliphatic rings. The van der Waals surface area contributed by atoms with Gasteiger partial charge >= 0.3 is 0 Å². The van der Waals surface area contributed by atoms with E-state index < -0.39 is 11.6 Å². The number of halogens is 2. The molecule has 0 radical (unpaired) electrons. The van der Waals surface area contributed by atoms with Gasteiger partial charge in [-0.25, -0.2) is 8.78 Å². The van der Waals surface area contributed by atoms with Crippen LogP contribution in [0.4, 0.5) is 8.78 Å². The fourth-order valence-corrected chi connectivity index (χ4v) is 1.53. The highest BCUT2D eigenvalue weighted by atomic mass is 19.1. The molecule has 0 aromatic heterocycles. The van der Waals surface area contributed by atoms with Crippen LogP contribution in [0.25, 0.3) is 12.2 Å². The van der Waals surface area contributed by atoms with E-state index in [0.717, 1.165) is 11.1 Å². The molecule has 0 bridgehead atoms. The third-order valence-corrected chi connectivity index (χ3v) is 2.52. The zero-order valence-electron chi connectivity index (χ0n) is 9.45. The van der Waals surface area contributed by atoms with Crippen LogP contribution < -0.4 is 0 Å². The molecular formula is C15H12F2. The molecule has 0 aliphatic carbocycles. The van der Waals surface area contributed by atoms with Crippen LogP contribution in [0.15, 0.2) is 42.5 Å². The lowest BCUT2D eigenvalue weighted by Crippen LogP contribution is -1.86. The lowest BCUT2D eigenvalue weighted by atomic mass is 10.1. The molecule has 0 heterocycles. The van der Waals surface area contributed by atoms with Gasteiger partial charge in [-0.3, -0.25) is 0 Å². The van der Waals surface area contributed by atoms with Gasteiger partial charge in [0, 0.05) is 5.56 Å². The van der Waals surface area contributed by atoms with Gasteiger partial charge in [-0.2, -0.15) is 0 Å². The van der Waals surface area contributed by atoms with Crippen molar-refractivity contribution in [3.8, 4) is 0 Å². The summed E-state index contributed by atoms with van der Waals surface area (Å²) in [6.07, 6.45) is 3.15. The first kappa shape index (κ1) is 11.5. The lowest BCUT2D eigenvalue weighted by Gasteiger charge is -1.99. The predicted molar refractivity (Wildman–Crippen MR) is 66.5 cm³/mol. The first-order valence-electron chi connectivity index (χ1n) is 5.35. The van der Waals surface area contributed by atoms with Crippen molar-refractivity contribution in [2.45, 2.75) is 6.92 Å². The molecule has 2 rings (SSSR count). The molecule has 0 unspecified atom stereocenters. The van der Waals surface area contributed by atoms with Crippen LogP contribution >= 0.6 is 0 Å². The standard InChI is InChI=1S/C15H12F2/c1-11-5-7-12(8-6-11)9-10-13-14(16)3-2-4-15(13)17/h2-10H,1H3/b10-9+. The molecule has 0 N–H and O–H groups in total. The van der Waals surface area contributed by atoms with Crippen molar-refractivity contribution < 1.29 is 8.78 Å². The summed E-state index contributed by atoms with van der Waals surface area (Å²) in [5.41, 5.74) is 2.06. The molecule has 86 valence electrons. The zero-order valence-corrected chi connectivity index (χ0v) is 9.45. The second-order valence-corrected chi connectivity index (χ2v) is 3.88. The quantitative estimate of drug-likeness (QED) is 0.669. The Balaban J connectivity index is 2.29. The molecular weight excluding hydrogens is 218 g/mol. The third-order valence-electron chi connectivity index (χ3n) is 2.52. The molecule has 0 amide bonds. The topological polar surface area (TPSA) is 0 Å². The van der Waals surface area contributed by atoms with Crippen molar-refractivity contribution in [1.82, 2.24) is 0 Å². The monoisotopic (exact) mass is 230 g/mol. The first-order chi connectivity index (χ1) is 8.16. The maximum atomic E-state index is 13.3. The number of benzene rings is 2. The van der Waals surface area contributed by atoms with Gasteiger partial charge in [0.15, 0.2) is 0 Å². The zero-order chi connectivity index (χ0) is 12.3. The van der Waals surface area contributed by atoms with Gasteiger partial charge in [0.25, 0.3) is 0 Å². The maximum Gasteiger partial charge on any atom is 0.133 e. The Morgan fingerprint density at radius 1 is 0.824 bits per heavy atom. The molecule has 0 spiro atoms. The van der Waals surface area contributed by atoms with Crippen molar-refractivity contribution >= 4 is 12.2 Å². The summed E-state index contributed by atoms with van der Waals surface area (Å²) in [6, 6.07) is 11.6. The van der Waals surface area contributed by atoms with Crippen molar-refractivity contribution in [2.24, 2.45) is 0 Å². The van der Waals surface area contributed by atoms with E-state index in [2.05, 4.69) is 0 Å². The maximum absolute atomic E-state index is 13.3. The summed E-state index contributed by atoms with van der Waals surface area (Å²) in [6.45, 7) is 1.99. The fourth-order valence-electron chi connectivity index (χ4n) is 1.53. The normalized spacial score (nSPS) is 11.0. The highest BCUT2D eigenvalue weighted by molar-refractivity contribution is 5.70. The van der Waals surface area contributed by atoms with Gasteiger partial charge in [-0.1, -0.05) is 42.0 Å². The van der Waals surface area contributed by atoms with E-state index >= 15 is 0 Å². The Bertz CT molecular complexity index is 519. The minimum Gasteiger partial charge on any atom is -0.206 e. The Kier molecular flexibility index (Phi) is 3.33. The SMILES string of the molecule is Cc1ccc(/C=C/c2c(F)cccc2F)cc1. The Morgan fingerprint density at radius 3 is 2.00 bits per heavy atom. The Morgan fingerprint density at radius 2 is 1.41 bits per heavy atom. The summed E-state index contributed by atoms with van der Waals surface area (Å²) in [7, 11) is 0. The average Bonchev–Trinajstić information content (AvgIpc) is 2.31. The van der Waals surface area contributed by atoms with E-state index in [0.29, 0.717) is 0 Å². The molecule has 0 atom stereocenters. The summed E-state index contributed by atoms with van der Waals surface area (Å²) in [5.74, 6) is -1.10.